The summed E-state index contributed by atoms with van der Waals surface area (Å²) in [7, 11) is 0. The Morgan fingerprint density at radius 2 is 2.00 bits per heavy atom. The highest BCUT2D eigenvalue weighted by atomic mass is 16.6. The molecular formula is C16H24N4O3. The standard InChI is InChI=1S/C16H24N4O3/c1-2-7-17-8-9-18-16(21)13-5-6-14(15(12-13)20(22)23)19-10-3-4-11-19/h5-6,12,17H,2-4,7-11H2,1H3,(H,18,21). The van der Waals surface area contributed by atoms with Gasteiger partial charge in [-0.25, -0.2) is 0 Å². The van der Waals surface area contributed by atoms with Crippen molar-refractivity contribution in [2.45, 2.75) is 26.2 Å². The van der Waals surface area contributed by atoms with Crippen LogP contribution in [-0.2, 0) is 0 Å². The van der Waals surface area contributed by atoms with E-state index in [9.17, 15) is 14.9 Å². The van der Waals surface area contributed by atoms with Gasteiger partial charge in [0.15, 0.2) is 0 Å². The average molecular weight is 320 g/mol. The summed E-state index contributed by atoms with van der Waals surface area (Å²) in [5.41, 5.74) is 0.937. The molecule has 1 aliphatic rings. The second-order valence-corrected chi connectivity index (χ2v) is 5.66. The van der Waals surface area contributed by atoms with Crippen molar-refractivity contribution in [1.29, 1.82) is 0 Å². The number of rotatable bonds is 8. The number of hydrogen-bond acceptors (Lipinski definition) is 5. The van der Waals surface area contributed by atoms with E-state index in [1.807, 2.05) is 4.90 Å². The fourth-order valence-corrected chi connectivity index (χ4v) is 2.70. The highest BCUT2D eigenvalue weighted by Gasteiger charge is 2.23. The van der Waals surface area contributed by atoms with Crippen LogP contribution in [0, 0.1) is 10.1 Å². The molecule has 7 heteroatoms. The van der Waals surface area contributed by atoms with E-state index in [0.717, 1.165) is 38.9 Å². The zero-order valence-electron chi connectivity index (χ0n) is 13.5. The number of hydrogen-bond donors (Lipinski definition) is 2. The third-order valence-electron chi connectivity index (χ3n) is 3.90. The Labute approximate surface area is 136 Å². The van der Waals surface area contributed by atoms with Crippen LogP contribution < -0.4 is 15.5 Å². The molecule has 0 bridgehead atoms. The first-order valence-corrected chi connectivity index (χ1v) is 8.15. The van der Waals surface area contributed by atoms with Crippen molar-refractivity contribution in [3.63, 3.8) is 0 Å². The van der Waals surface area contributed by atoms with Gasteiger partial charge >= 0.3 is 0 Å². The molecule has 0 radical (unpaired) electrons. The molecule has 23 heavy (non-hydrogen) atoms. The maximum atomic E-state index is 12.1. The van der Waals surface area contributed by atoms with E-state index in [0.29, 0.717) is 24.3 Å². The second-order valence-electron chi connectivity index (χ2n) is 5.66. The molecule has 1 amide bonds. The van der Waals surface area contributed by atoms with E-state index < -0.39 is 4.92 Å². The summed E-state index contributed by atoms with van der Waals surface area (Å²) in [4.78, 5) is 25.0. The summed E-state index contributed by atoms with van der Waals surface area (Å²) in [5.74, 6) is -0.278. The highest BCUT2D eigenvalue weighted by molar-refractivity contribution is 5.95. The lowest BCUT2D eigenvalue weighted by Crippen LogP contribution is -2.32. The van der Waals surface area contributed by atoms with Crippen LogP contribution in [0.2, 0.25) is 0 Å². The zero-order valence-corrected chi connectivity index (χ0v) is 13.5. The third-order valence-corrected chi connectivity index (χ3v) is 3.90. The lowest BCUT2D eigenvalue weighted by Gasteiger charge is -2.17. The Hall–Kier alpha value is -2.15. The van der Waals surface area contributed by atoms with Crippen molar-refractivity contribution >= 4 is 17.3 Å². The number of nitro benzene ring substituents is 1. The van der Waals surface area contributed by atoms with Gasteiger partial charge < -0.3 is 15.5 Å². The van der Waals surface area contributed by atoms with Crippen LogP contribution >= 0.6 is 0 Å². The van der Waals surface area contributed by atoms with Crippen LogP contribution in [0.3, 0.4) is 0 Å². The van der Waals surface area contributed by atoms with Crippen molar-refractivity contribution in [1.82, 2.24) is 10.6 Å². The van der Waals surface area contributed by atoms with Crippen LogP contribution in [0.5, 0.6) is 0 Å². The van der Waals surface area contributed by atoms with Gasteiger partial charge in [-0.2, -0.15) is 0 Å². The van der Waals surface area contributed by atoms with Gasteiger partial charge in [0, 0.05) is 37.8 Å². The molecule has 1 aromatic carbocycles. The van der Waals surface area contributed by atoms with Crippen molar-refractivity contribution in [3.8, 4) is 0 Å². The Kier molecular flexibility index (Phi) is 6.34. The van der Waals surface area contributed by atoms with E-state index in [1.54, 1.807) is 12.1 Å². The summed E-state index contributed by atoms with van der Waals surface area (Å²) in [6.07, 6.45) is 3.13. The number of nitrogens with one attached hydrogen (secondary N) is 2. The highest BCUT2D eigenvalue weighted by Crippen LogP contribution is 2.31. The molecule has 1 aromatic rings. The third kappa shape index (κ3) is 4.66. The number of nitro groups is 1. The van der Waals surface area contributed by atoms with Crippen LogP contribution in [0.15, 0.2) is 18.2 Å². The molecule has 1 aliphatic heterocycles. The molecule has 2 rings (SSSR count). The number of carbonyl (C=O) groups is 1. The monoisotopic (exact) mass is 320 g/mol. The van der Waals surface area contributed by atoms with Gasteiger partial charge in [-0.1, -0.05) is 6.92 Å². The number of amides is 1. The topological polar surface area (TPSA) is 87.5 Å². The number of benzene rings is 1. The summed E-state index contributed by atoms with van der Waals surface area (Å²) in [6.45, 7) is 5.83. The van der Waals surface area contributed by atoms with Gasteiger partial charge in [0.1, 0.15) is 5.69 Å². The van der Waals surface area contributed by atoms with Crippen LogP contribution in [0.4, 0.5) is 11.4 Å². The molecular weight excluding hydrogens is 296 g/mol. The average Bonchev–Trinajstić information content (AvgIpc) is 3.08. The van der Waals surface area contributed by atoms with E-state index in [2.05, 4.69) is 17.6 Å². The summed E-state index contributed by atoms with van der Waals surface area (Å²) in [6, 6.07) is 4.73. The summed E-state index contributed by atoms with van der Waals surface area (Å²) in [5, 5.41) is 17.3. The second kappa shape index (κ2) is 8.47. The van der Waals surface area contributed by atoms with E-state index in [-0.39, 0.29) is 11.6 Å². The van der Waals surface area contributed by atoms with Gasteiger partial charge in [0.2, 0.25) is 0 Å². The molecule has 7 nitrogen and oxygen atoms in total. The number of nitrogens with zero attached hydrogens (tertiary/aromatic N) is 2. The molecule has 1 fully saturated rings. The maximum Gasteiger partial charge on any atom is 0.293 e. The lowest BCUT2D eigenvalue weighted by atomic mass is 10.1. The van der Waals surface area contributed by atoms with E-state index in [4.69, 9.17) is 0 Å². The van der Waals surface area contributed by atoms with Crippen molar-refractivity contribution < 1.29 is 9.72 Å². The summed E-state index contributed by atoms with van der Waals surface area (Å²) < 4.78 is 0. The largest absolute Gasteiger partial charge is 0.366 e. The number of anilines is 1. The molecule has 126 valence electrons. The minimum atomic E-state index is -0.409. The van der Waals surface area contributed by atoms with E-state index in [1.165, 1.54) is 6.07 Å². The maximum absolute atomic E-state index is 12.1. The molecule has 0 saturated carbocycles. The molecule has 1 heterocycles. The molecule has 0 spiro atoms. The Morgan fingerprint density at radius 3 is 2.65 bits per heavy atom. The minimum Gasteiger partial charge on any atom is -0.366 e. The van der Waals surface area contributed by atoms with Crippen LogP contribution in [0.1, 0.15) is 36.5 Å². The van der Waals surface area contributed by atoms with Gasteiger partial charge in [-0.3, -0.25) is 14.9 Å². The molecule has 0 atom stereocenters. The first kappa shape index (κ1) is 17.2. The van der Waals surface area contributed by atoms with Gasteiger partial charge in [0.05, 0.1) is 4.92 Å². The predicted molar refractivity (Wildman–Crippen MR) is 90.0 cm³/mol. The number of carbonyl (C=O) groups excluding carboxylic acids is 1. The molecule has 0 unspecified atom stereocenters. The molecule has 0 aliphatic carbocycles. The van der Waals surface area contributed by atoms with Gasteiger partial charge in [-0.05, 0) is 37.9 Å². The van der Waals surface area contributed by atoms with Crippen LogP contribution in [0.25, 0.3) is 0 Å². The quantitative estimate of drug-likeness (QED) is 0.434. The first-order chi connectivity index (χ1) is 11.1. The Morgan fingerprint density at radius 1 is 1.26 bits per heavy atom. The fourth-order valence-electron chi connectivity index (χ4n) is 2.70. The predicted octanol–water partition coefficient (Wildman–Crippen LogP) is 1.92. The van der Waals surface area contributed by atoms with Gasteiger partial charge in [0.25, 0.3) is 11.6 Å². The lowest BCUT2D eigenvalue weighted by molar-refractivity contribution is -0.384. The SMILES string of the molecule is CCCNCCNC(=O)c1ccc(N2CCCC2)c([N+](=O)[O-])c1. The first-order valence-electron chi connectivity index (χ1n) is 8.15. The Bertz CT molecular complexity index is 556. The van der Waals surface area contributed by atoms with E-state index >= 15 is 0 Å². The Balaban J connectivity index is 2.03. The summed E-state index contributed by atoms with van der Waals surface area (Å²) >= 11 is 0. The van der Waals surface area contributed by atoms with Gasteiger partial charge in [-0.15, -0.1) is 0 Å². The smallest absolute Gasteiger partial charge is 0.293 e. The van der Waals surface area contributed by atoms with Crippen molar-refractivity contribution in [3.05, 3.63) is 33.9 Å². The minimum absolute atomic E-state index is 0.00339. The van der Waals surface area contributed by atoms with Crippen LogP contribution in [-0.4, -0.2) is 43.6 Å². The van der Waals surface area contributed by atoms with Crippen molar-refractivity contribution in [2.24, 2.45) is 0 Å². The molecule has 2 N–H and O–H groups in total. The van der Waals surface area contributed by atoms with Crippen molar-refractivity contribution in [2.75, 3.05) is 37.6 Å². The zero-order chi connectivity index (χ0) is 16.7. The molecule has 1 saturated heterocycles. The molecule has 0 aromatic heterocycles. The normalized spacial score (nSPS) is 14.0. The fraction of sp³-hybridized carbons (Fsp3) is 0.562.